The Morgan fingerprint density at radius 3 is 2.62 bits per heavy atom. The summed E-state index contributed by atoms with van der Waals surface area (Å²) in [5.74, 6) is 1.75. The van der Waals surface area contributed by atoms with Crippen molar-refractivity contribution in [3.63, 3.8) is 0 Å². The summed E-state index contributed by atoms with van der Waals surface area (Å²) in [5.41, 5.74) is 0. The number of halogens is 1. The molecule has 1 N–H and O–H groups in total. The van der Waals surface area contributed by atoms with Crippen LogP contribution in [0.25, 0.3) is 0 Å². The Morgan fingerprint density at radius 2 is 2.00 bits per heavy atom. The molecule has 1 aromatic rings. The van der Waals surface area contributed by atoms with Crippen molar-refractivity contribution >= 4 is 23.5 Å². The average molecular weight is 353 g/mol. The molecule has 1 aromatic carbocycles. The molecule has 0 atom stereocenters. The Hall–Kier alpha value is -1.95. The monoisotopic (exact) mass is 352 g/mol. The number of ether oxygens (including phenoxy) is 1. The Balaban J connectivity index is 1.83. The maximum atomic E-state index is 11.4. The van der Waals surface area contributed by atoms with Gasteiger partial charge in [-0.3, -0.25) is 4.79 Å². The number of hydrogen-bond acceptors (Lipinski definition) is 3. The summed E-state index contributed by atoms with van der Waals surface area (Å²) in [6.07, 6.45) is 0. The zero-order valence-corrected chi connectivity index (χ0v) is 15.1. The standard InChI is InChI=1S/C17H25ClN4O2/c1-3-19-17(22-10-8-21(9-11-22)14(2)23)20-7-12-24-16-6-4-5-15(18)13-16/h4-6,13H,3,7-12H2,1-2H3,(H,19,20). The lowest BCUT2D eigenvalue weighted by molar-refractivity contribution is -0.130. The fourth-order valence-corrected chi connectivity index (χ4v) is 2.71. The first-order chi connectivity index (χ1) is 11.6. The van der Waals surface area contributed by atoms with Gasteiger partial charge < -0.3 is 19.9 Å². The van der Waals surface area contributed by atoms with Gasteiger partial charge in [0.2, 0.25) is 5.91 Å². The molecule has 1 saturated heterocycles. The largest absolute Gasteiger partial charge is 0.492 e. The Kier molecular flexibility index (Phi) is 7.18. The first-order valence-corrected chi connectivity index (χ1v) is 8.65. The molecule has 132 valence electrons. The van der Waals surface area contributed by atoms with Crippen molar-refractivity contribution in [1.82, 2.24) is 15.1 Å². The summed E-state index contributed by atoms with van der Waals surface area (Å²) in [4.78, 5) is 20.1. The predicted octanol–water partition coefficient (Wildman–Crippen LogP) is 1.85. The van der Waals surface area contributed by atoms with Crippen molar-refractivity contribution in [2.45, 2.75) is 13.8 Å². The van der Waals surface area contributed by atoms with Gasteiger partial charge in [0.05, 0.1) is 6.54 Å². The van der Waals surface area contributed by atoms with Gasteiger partial charge in [0, 0.05) is 44.7 Å². The van der Waals surface area contributed by atoms with Crippen LogP contribution in [0.5, 0.6) is 5.75 Å². The highest BCUT2D eigenvalue weighted by molar-refractivity contribution is 6.30. The Labute approximate surface area is 148 Å². The third kappa shape index (κ3) is 5.60. The molecular formula is C17H25ClN4O2. The van der Waals surface area contributed by atoms with E-state index in [0.29, 0.717) is 18.2 Å². The number of benzene rings is 1. The number of rotatable bonds is 5. The first-order valence-electron chi connectivity index (χ1n) is 8.27. The topological polar surface area (TPSA) is 57.2 Å². The van der Waals surface area contributed by atoms with Gasteiger partial charge >= 0.3 is 0 Å². The van der Waals surface area contributed by atoms with Crippen LogP contribution in [0, 0.1) is 0 Å². The van der Waals surface area contributed by atoms with Crippen molar-refractivity contribution in [1.29, 1.82) is 0 Å². The van der Waals surface area contributed by atoms with Crippen LogP contribution in [0.1, 0.15) is 13.8 Å². The highest BCUT2D eigenvalue weighted by Crippen LogP contribution is 2.16. The smallest absolute Gasteiger partial charge is 0.219 e. The fraction of sp³-hybridized carbons (Fsp3) is 0.529. The van der Waals surface area contributed by atoms with Crippen LogP contribution in [-0.2, 0) is 4.79 Å². The number of carbonyl (C=O) groups is 1. The molecule has 0 aromatic heterocycles. The molecule has 1 amide bonds. The molecule has 0 aliphatic carbocycles. The van der Waals surface area contributed by atoms with Crippen molar-refractivity contribution in [2.24, 2.45) is 4.99 Å². The zero-order chi connectivity index (χ0) is 17.4. The number of piperazine rings is 1. The van der Waals surface area contributed by atoms with Crippen molar-refractivity contribution in [2.75, 3.05) is 45.9 Å². The summed E-state index contributed by atoms with van der Waals surface area (Å²) in [5, 5.41) is 3.96. The summed E-state index contributed by atoms with van der Waals surface area (Å²) in [7, 11) is 0. The summed E-state index contributed by atoms with van der Waals surface area (Å²) < 4.78 is 5.66. The highest BCUT2D eigenvalue weighted by atomic mass is 35.5. The van der Waals surface area contributed by atoms with E-state index in [2.05, 4.69) is 15.2 Å². The second kappa shape index (κ2) is 9.37. The fourth-order valence-electron chi connectivity index (χ4n) is 2.53. The molecular weight excluding hydrogens is 328 g/mol. The van der Waals surface area contributed by atoms with Crippen LogP contribution in [0.3, 0.4) is 0 Å². The molecule has 1 aliphatic heterocycles. The zero-order valence-electron chi connectivity index (χ0n) is 14.3. The first kappa shape index (κ1) is 18.4. The van der Waals surface area contributed by atoms with Crippen LogP contribution in [0.4, 0.5) is 0 Å². The molecule has 1 fully saturated rings. The van der Waals surface area contributed by atoms with Crippen molar-refractivity contribution in [3.05, 3.63) is 29.3 Å². The lowest BCUT2D eigenvalue weighted by Gasteiger charge is -2.36. The Morgan fingerprint density at radius 1 is 1.29 bits per heavy atom. The molecule has 1 heterocycles. The highest BCUT2D eigenvalue weighted by Gasteiger charge is 2.20. The number of amides is 1. The average Bonchev–Trinajstić information content (AvgIpc) is 2.58. The van der Waals surface area contributed by atoms with E-state index in [1.165, 1.54) is 0 Å². The molecule has 24 heavy (non-hydrogen) atoms. The number of nitrogens with one attached hydrogen (secondary N) is 1. The van der Waals surface area contributed by atoms with E-state index in [0.717, 1.165) is 44.4 Å². The molecule has 7 heteroatoms. The summed E-state index contributed by atoms with van der Waals surface area (Å²) >= 11 is 5.93. The number of guanidine groups is 1. The van der Waals surface area contributed by atoms with Crippen LogP contribution < -0.4 is 10.1 Å². The Bertz CT molecular complexity index is 571. The van der Waals surface area contributed by atoms with Crippen molar-refractivity contribution in [3.8, 4) is 5.75 Å². The van der Waals surface area contributed by atoms with Gasteiger partial charge in [-0.1, -0.05) is 17.7 Å². The molecule has 0 bridgehead atoms. The second-order valence-corrected chi connectivity index (χ2v) is 5.97. The number of hydrogen-bond donors (Lipinski definition) is 1. The SMILES string of the molecule is CCNC(=NCCOc1cccc(Cl)c1)N1CCN(C(C)=O)CC1. The third-order valence-corrected chi connectivity index (χ3v) is 4.01. The normalized spacial score (nSPS) is 15.4. The van der Waals surface area contributed by atoms with Gasteiger partial charge in [0.15, 0.2) is 5.96 Å². The van der Waals surface area contributed by atoms with Gasteiger partial charge in [-0.2, -0.15) is 0 Å². The van der Waals surface area contributed by atoms with E-state index in [4.69, 9.17) is 16.3 Å². The van der Waals surface area contributed by atoms with Gasteiger partial charge in [0.25, 0.3) is 0 Å². The molecule has 0 unspecified atom stereocenters. The van der Waals surface area contributed by atoms with Crippen LogP contribution in [-0.4, -0.2) is 67.5 Å². The summed E-state index contributed by atoms with van der Waals surface area (Å²) in [6, 6.07) is 7.34. The summed E-state index contributed by atoms with van der Waals surface area (Å²) in [6.45, 7) is 8.57. The molecule has 2 rings (SSSR count). The van der Waals surface area contributed by atoms with E-state index in [-0.39, 0.29) is 5.91 Å². The molecule has 0 saturated carbocycles. The number of nitrogens with zero attached hydrogens (tertiary/aromatic N) is 3. The molecule has 0 spiro atoms. The number of carbonyl (C=O) groups excluding carboxylic acids is 1. The van der Waals surface area contributed by atoms with E-state index in [1.54, 1.807) is 13.0 Å². The van der Waals surface area contributed by atoms with Crippen LogP contribution in [0.15, 0.2) is 29.3 Å². The number of aliphatic imine (C=N–C) groups is 1. The quantitative estimate of drug-likeness (QED) is 0.499. The van der Waals surface area contributed by atoms with E-state index in [1.807, 2.05) is 30.0 Å². The minimum absolute atomic E-state index is 0.131. The lowest BCUT2D eigenvalue weighted by atomic mass is 10.3. The minimum atomic E-state index is 0.131. The van der Waals surface area contributed by atoms with Crippen LogP contribution >= 0.6 is 11.6 Å². The maximum absolute atomic E-state index is 11.4. The predicted molar refractivity (Wildman–Crippen MR) is 96.8 cm³/mol. The van der Waals surface area contributed by atoms with Gasteiger partial charge in [0.1, 0.15) is 12.4 Å². The van der Waals surface area contributed by atoms with Gasteiger partial charge in [-0.15, -0.1) is 0 Å². The maximum Gasteiger partial charge on any atom is 0.219 e. The van der Waals surface area contributed by atoms with Gasteiger partial charge in [-0.05, 0) is 25.1 Å². The van der Waals surface area contributed by atoms with E-state index < -0.39 is 0 Å². The lowest BCUT2D eigenvalue weighted by Crippen LogP contribution is -2.53. The molecule has 1 aliphatic rings. The van der Waals surface area contributed by atoms with Crippen LogP contribution in [0.2, 0.25) is 5.02 Å². The van der Waals surface area contributed by atoms with E-state index >= 15 is 0 Å². The molecule has 0 radical (unpaired) electrons. The second-order valence-electron chi connectivity index (χ2n) is 5.53. The minimum Gasteiger partial charge on any atom is -0.492 e. The van der Waals surface area contributed by atoms with E-state index in [9.17, 15) is 4.79 Å². The van der Waals surface area contributed by atoms with Crippen molar-refractivity contribution < 1.29 is 9.53 Å². The third-order valence-electron chi connectivity index (χ3n) is 3.78. The van der Waals surface area contributed by atoms with Gasteiger partial charge in [-0.25, -0.2) is 4.99 Å². The molecule has 6 nitrogen and oxygen atoms in total.